The van der Waals surface area contributed by atoms with Gasteiger partial charge in [-0.2, -0.15) is 0 Å². The van der Waals surface area contributed by atoms with Crippen LogP contribution in [0, 0.1) is 5.92 Å². The molecular formula is C21H26N2O3. The number of rotatable bonds is 6. The molecule has 2 amide bonds. The van der Waals surface area contributed by atoms with Crippen LogP contribution in [0.5, 0.6) is 0 Å². The minimum absolute atomic E-state index is 0.0383. The van der Waals surface area contributed by atoms with E-state index in [0.29, 0.717) is 31.3 Å². The first-order chi connectivity index (χ1) is 12.7. The van der Waals surface area contributed by atoms with E-state index in [0.717, 1.165) is 19.3 Å². The zero-order chi connectivity index (χ0) is 18.4. The maximum atomic E-state index is 12.6. The Morgan fingerprint density at radius 2 is 2.04 bits per heavy atom. The van der Waals surface area contributed by atoms with Gasteiger partial charge < -0.3 is 14.6 Å². The van der Waals surface area contributed by atoms with Crippen molar-refractivity contribution in [1.29, 1.82) is 0 Å². The third-order valence-electron chi connectivity index (χ3n) is 5.10. The molecule has 26 heavy (non-hydrogen) atoms. The molecular weight excluding hydrogens is 328 g/mol. The number of carbonyl (C=O) groups excluding carboxylic acids is 2. The summed E-state index contributed by atoms with van der Waals surface area (Å²) >= 11 is 0. The molecule has 1 aromatic carbocycles. The Bertz CT molecular complexity index is 712. The highest BCUT2D eigenvalue weighted by Crippen LogP contribution is 2.21. The highest BCUT2D eigenvalue weighted by molar-refractivity contribution is 5.92. The highest BCUT2D eigenvalue weighted by atomic mass is 16.3. The minimum Gasteiger partial charge on any atom is -0.459 e. The lowest BCUT2D eigenvalue weighted by Crippen LogP contribution is -2.46. The second-order valence-corrected chi connectivity index (χ2v) is 6.83. The fourth-order valence-electron chi connectivity index (χ4n) is 3.52. The number of furan rings is 1. The van der Waals surface area contributed by atoms with Crippen molar-refractivity contribution < 1.29 is 14.0 Å². The summed E-state index contributed by atoms with van der Waals surface area (Å²) in [7, 11) is 0. The SMILES string of the molecule is CC[C@@H](CNC(=O)[C@H]1CCCN(C(=O)c2ccco2)C1)c1ccccc1. The van der Waals surface area contributed by atoms with Crippen molar-refractivity contribution in [2.75, 3.05) is 19.6 Å². The number of benzene rings is 1. The highest BCUT2D eigenvalue weighted by Gasteiger charge is 2.30. The molecule has 3 rings (SSSR count). The summed E-state index contributed by atoms with van der Waals surface area (Å²) in [6, 6.07) is 13.6. The molecule has 0 unspecified atom stereocenters. The van der Waals surface area contributed by atoms with E-state index in [1.165, 1.54) is 11.8 Å². The summed E-state index contributed by atoms with van der Waals surface area (Å²) in [5, 5.41) is 3.10. The summed E-state index contributed by atoms with van der Waals surface area (Å²) < 4.78 is 5.19. The van der Waals surface area contributed by atoms with Gasteiger partial charge in [-0.3, -0.25) is 9.59 Å². The Kier molecular flexibility index (Phi) is 6.10. The standard InChI is InChI=1S/C21H26N2O3/c1-2-16(17-8-4-3-5-9-17)14-22-20(24)18-10-6-12-23(15-18)21(25)19-11-7-13-26-19/h3-5,7-9,11,13,16,18H,2,6,10,12,14-15H2,1H3,(H,22,24)/t16-,18-/m0/s1. The van der Waals surface area contributed by atoms with Crippen molar-refractivity contribution in [2.24, 2.45) is 5.92 Å². The Hall–Kier alpha value is -2.56. The molecule has 138 valence electrons. The van der Waals surface area contributed by atoms with Gasteiger partial charge >= 0.3 is 0 Å². The van der Waals surface area contributed by atoms with Crippen LogP contribution >= 0.6 is 0 Å². The summed E-state index contributed by atoms with van der Waals surface area (Å²) in [6.07, 6.45) is 4.12. The van der Waals surface area contributed by atoms with Crippen molar-refractivity contribution in [3.05, 3.63) is 60.1 Å². The van der Waals surface area contributed by atoms with Crippen LogP contribution in [0.4, 0.5) is 0 Å². The lowest BCUT2D eigenvalue weighted by molar-refractivity contribution is -0.126. The Labute approximate surface area is 154 Å². The van der Waals surface area contributed by atoms with Gasteiger partial charge in [0.25, 0.3) is 5.91 Å². The quantitative estimate of drug-likeness (QED) is 0.864. The monoisotopic (exact) mass is 354 g/mol. The lowest BCUT2D eigenvalue weighted by Gasteiger charge is -2.31. The molecule has 1 N–H and O–H groups in total. The molecule has 0 spiro atoms. The third kappa shape index (κ3) is 4.34. The molecule has 5 nitrogen and oxygen atoms in total. The van der Waals surface area contributed by atoms with E-state index in [1.54, 1.807) is 17.0 Å². The molecule has 1 aliphatic rings. The summed E-state index contributed by atoms with van der Waals surface area (Å²) in [5.74, 6) is 0.390. The Balaban J connectivity index is 1.55. The number of amides is 2. The molecule has 2 heterocycles. The van der Waals surface area contributed by atoms with E-state index < -0.39 is 0 Å². The number of nitrogens with one attached hydrogen (secondary N) is 1. The van der Waals surface area contributed by atoms with Gasteiger partial charge in [-0.25, -0.2) is 0 Å². The predicted octanol–water partition coefficient (Wildman–Crippen LogP) is 3.44. The third-order valence-corrected chi connectivity index (χ3v) is 5.10. The van der Waals surface area contributed by atoms with E-state index in [1.807, 2.05) is 18.2 Å². The van der Waals surface area contributed by atoms with E-state index in [-0.39, 0.29) is 17.7 Å². The normalized spacial score (nSPS) is 18.3. The second kappa shape index (κ2) is 8.70. The van der Waals surface area contributed by atoms with Gasteiger partial charge in [-0.15, -0.1) is 0 Å². The van der Waals surface area contributed by atoms with Crippen molar-refractivity contribution >= 4 is 11.8 Å². The van der Waals surface area contributed by atoms with Crippen LogP contribution in [-0.4, -0.2) is 36.3 Å². The first kappa shape index (κ1) is 18.2. The maximum absolute atomic E-state index is 12.6. The first-order valence-corrected chi connectivity index (χ1v) is 9.34. The van der Waals surface area contributed by atoms with E-state index in [2.05, 4.69) is 24.4 Å². The maximum Gasteiger partial charge on any atom is 0.289 e. The Morgan fingerprint density at radius 1 is 1.23 bits per heavy atom. The summed E-state index contributed by atoms with van der Waals surface area (Å²) in [6.45, 7) is 3.88. The topological polar surface area (TPSA) is 62.6 Å². The number of carbonyl (C=O) groups is 2. The summed E-state index contributed by atoms with van der Waals surface area (Å²) in [5.41, 5.74) is 1.24. The van der Waals surface area contributed by atoms with Gasteiger partial charge in [0.15, 0.2) is 5.76 Å². The number of likely N-dealkylation sites (tertiary alicyclic amines) is 1. The predicted molar refractivity (Wildman–Crippen MR) is 99.8 cm³/mol. The van der Waals surface area contributed by atoms with Crippen LogP contribution in [0.3, 0.4) is 0 Å². The van der Waals surface area contributed by atoms with E-state index in [4.69, 9.17) is 4.42 Å². The number of hydrogen-bond acceptors (Lipinski definition) is 3. The smallest absolute Gasteiger partial charge is 0.289 e. The largest absolute Gasteiger partial charge is 0.459 e. The minimum atomic E-state index is -0.157. The van der Waals surface area contributed by atoms with E-state index in [9.17, 15) is 9.59 Å². The molecule has 1 aromatic heterocycles. The van der Waals surface area contributed by atoms with Crippen molar-refractivity contribution in [1.82, 2.24) is 10.2 Å². The number of hydrogen-bond donors (Lipinski definition) is 1. The average molecular weight is 354 g/mol. The van der Waals surface area contributed by atoms with Crippen LogP contribution < -0.4 is 5.32 Å². The first-order valence-electron chi connectivity index (χ1n) is 9.34. The van der Waals surface area contributed by atoms with Crippen LogP contribution in [0.25, 0.3) is 0 Å². The van der Waals surface area contributed by atoms with Gasteiger partial charge in [-0.1, -0.05) is 37.3 Å². The van der Waals surface area contributed by atoms with Crippen LogP contribution in [0.1, 0.15) is 48.2 Å². The van der Waals surface area contributed by atoms with Gasteiger partial charge in [-0.05, 0) is 37.0 Å². The van der Waals surface area contributed by atoms with Crippen molar-refractivity contribution in [3.8, 4) is 0 Å². The molecule has 2 aromatic rings. The van der Waals surface area contributed by atoms with Crippen LogP contribution in [-0.2, 0) is 4.79 Å². The number of piperidine rings is 1. The molecule has 1 aliphatic heterocycles. The van der Waals surface area contributed by atoms with Crippen molar-refractivity contribution in [3.63, 3.8) is 0 Å². The molecule has 0 aliphatic carbocycles. The van der Waals surface area contributed by atoms with Gasteiger partial charge in [0, 0.05) is 25.6 Å². The Morgan fingerprint density at radius 3 is 2.73 bits per heavy atom. The van der Waals surface area contributed by atoms with Crippen molar-refractivity contribution in [2.45, 2.75) is 32.1 Å². The molecule has 2 atom stereocenters. The zero-order valence-corrected chi connectivity index (χ0v) is 15.2. The van der Waals surface area contributed by atoms with Gasteiger partial charge in [0.05, 0.1) is 12.2 Å². The molecule has 5 heteroatoms. The second-order valence-electron chi connectivity index (χ2n) is 6.83. The molecule has 0 radical (unpaired) electrons. The zero-order valence-electron chi connectivity index (χ0n) is 15.2. The lowest BCUT2D eigenvalue weighted by atomic mass is 9.94. The van der Waals surface area contributed by atoms with Crippen LogP contribution in [0.2, 0.25) is 0 Å². The number of nitrogens with zero attached hydrogens (tertiary/aromatic N) is 1. The molecule has 0 bridgehead atoms. The molecule has 1 fully saturated rings. The molecule has 0 saturated carbocycles. The average Bonchev–Trinajstić information content (AvgIpc) is 3.23. The molecule has 1 saturated heterocycles. The fourth-order valence-corrected chi connectivity index (χ4v) is 3.52. The van der Waals surface area contributed by atoms with Gasteiger partial charge in [0.2, 0.25) is 5.91 Å². The summed E-state index contributed by atoms with van der Waals surface area (Å²) in [4.78, 5) is 26.8. The van der Waals surface area contributed by atoms with Crippen LogP contribution in [0.15, 0.2) is 53.1 Å². The van der Waals surface area contributed by atoms with Gasteiger partial charge in [0.1, 0.15) is 0 Å². The van der Waals surface area contributed by atoms with E-state index >= 15 is 0 Å². The fraction of sp³-hybridized carbons (Fsp3) is 0.429.